The fourth-order valence-corrected chi connectivity index (χ4v) is 2.83. The first-order valence-electron chi connectivity index (χ1n) is 7.36. The Bertz CT molecular complexity index is 444. The molecule has 1 saturated heterocycles. The van der Waals surface area contributed by atoms with Gasteiger partial charge in [0.2, 0.25) is 5.91 Å². The zero-order valence-corrected chi connectivity index (χ0v) is 12.1. The van der Waals surface area contributed by atoms with Crippen molar-refractivity contribution in [1.82, 2.24) is 4.90 Å². The minimum absolute atomic E-state index is 0.0356. The van der Waals surface area contributed by atoms with E-state index in [1.54, 1.807) is 0 Å². The highest BCUT2D eigenvalue weighted by atomic mass is 16.3. The molecule has 110 valence electrons. The van der Waals surface area contributed by atoms with Gasteiger partial charge in [-0.15, -0.1) is 0 Å². The van der Waals surface area contributed by atoms with Gasteiger partial charge in [-0.3, -0.25) is 4.79 Å². The first-order valence-corrected chi connectivity index (χ1v) is 7.36. The molecule has 1 fully saturated rings. The molecule has 1 aromatic carbocycles. The average molecular weight is 276 g/mol. The summed E-state index contributed by atoms with van der Waals surface area (Å²) in [7, 11) is 0. The molecule has 1 heterocycles. The Kier molecular flexibility index (Phi) is 5.15. The molecule has 0 spiro atoms. The van der Waals surface area contributed by atoms with E-state index in [9.17, 15) is 4.79 Å². The molecule has 0 saturated carbocycles. The number of carbonyl (C=O) groups excluding carboxylic acids is 1. The Balaban J connectivity index is 1.91. The van der Waals surface area contributed by atoms with Crippen LogP contribution in [0.25, 0.3) is 0 Å². The molecule has 0 unspecified atom stereocenters. The zero-order chi connectivity index (χ0) is 14.5. The van der Waals surface area contributed by atoms with Crippen LogP contribution >= 0.6 is 0 Å². The Morgan fingerprint density at radius 1 is 1.30 bits per heavy atom. The third kappa shape index (κ3) is 3.58. The third-order valence-electron chi connectivity index (χ3n) is 4.06. The largest absolute Gasteiger partial charge is 0.392 e. The normalized spacial score (nSPS) is 22.2. The van der Waals surface area contributed by atoms with E-state index < -0.39 is 0 Å². The van der Waals surface area contributed by atoms with Crippen LogP contribution in [0.1, 0.15) is 30.9 Å². The molecule has 4 heteroatoms. The topological polar surface area (TPSA) is 66.6 Å². The Labute approximate surface area is 120 Å². The molecule has 0 radical (unpaired) electrons. The number of amides is 1. The molecule has 0 aromatic heterocycles. The first-order chi connectivity index (χ1) is 9.63. The number of aliphatic hydroxyl groups is 1. The summed E-state index contributed by atoms with van der Waals surface area (Å²) in [5.74, 6) is 0.594. The van der Waals surface area contributed by atoms with Crippen molar-refractivity contribution in [2.24, 2.45) is 11.7 Å². The summed E-state index contributed by atoms with van der Waals surface area (Å²) in [5.41, 5.74) is 7.96. The quantitative estimate of drug-likeness (QED) is 0.852. The first kappa shape index (κ1) is 15.0. The number of likely N-dealkylation sites (tertiary alicyclic amines) is 1. The van der Waals surface area contributed by atoms with E-state index in [0.29, 0.717) is 18.9 Å². The lowest BCUT2D eigenvalue weighted by Gasteiger charge is -2.16. The second-order valence-corrected chi connectivity index (χ2v) is 5.66. The fraction of sp³-hybridized carbons (Fsp3) is 0.562. The summed E-state index contributed by atoms with van der Waals surface area (Å²) >= 11 is 0. The lowest BCUT2D eigenvalue weighted by atomic mass is 9.99. The summed E-state index contributed by atoms with van der Waals surface area (Å²) in [6.45, 7) is 3.66. The van der Waals surface area contributed by atoms with Gasteiger partial charge in [-0.25, -0.2) is 0 Å². The van der Waals surface area contributed by atoms with Crippen molar-refractivity contribution in [3.05, 3.63) is 35.4 Å². The van der Waals surface area contributed by atoms with Crippen molar-refractivity contribution < 1.29 is 9.90 Å². The molecule has 4 nitrogen and oxygen atoms in total. The summed E-state index contributed by atoms with van der Waals surface area (Å²) in [5, 5.41) is 9.00. The van der Waals surface area contributed by atoms with Crippen LogP contribution in [0.4, 0.5) is 0 Å². The van der Waals surface area contributed by atoms with Crippen LogP contribution in [0.3, 0.4) is 0 Å². The van der Waals surface area contributed by atoms with Gasteiger partial charge in [0.25, 0.3) is 0 Å². The molecule has 1 aliphatic heterocycles. The van der Waals surface area contributed by atoms with Gasteiger partial charge in [-0.1, -0.05) is 37.6 Å². The van der Waals surface area contributed by atoms with Gasteiger partial charge >= 0.3 is 0 Å². The lowest BCUT2D eigenvalue weighted by molar-refractivity contribution is -0.129. The second-order valence-electron chi connectivity index (χ2n) is 5.66. The zero-order valence-electron chi connectivity index (χ0n) is 12.1. The maximum absolute atomic E-state index is 12.3. The van der Waals surface area contributed by atoms with Gasteiger partial charge in [0.1, 0.15) is 0 Å². The SMILES string of the molecule is CCC[C@H]1CN(C(=O)Cc2ccc(CO)cc2)C[C@@H]1N. The highest BCUT2D eigenvalue weighted by molar-refractivity contribution is 5.79. The van der Waals surface area contributed by atoms with E-state index in [0.717, 1.165) is 30.5 Å². The number of nitrogens with two attached hydrogens (primary N) is 1. The molecule has 2 atom stereocenters. The van der Waals surface area contributed by atoms with Crippen molar-refractivity contribution in [2.75, 3.05) is 13.1 Å². The molecule has 0 aliphatic carbocycles. The predicted octanol–water partition coefficient (Wildman–Crippen LogP) is 1.31. The van der Waals surface area contributed by atoms with E-state index in [2.05, 4.69) is 6.92 Å². The van der Waals surface area contributed by atoms with Crippen LogP contribution in [0.2, 0.25) is 0 Å². The Morgan fingerprint density at radius 2 is 1.95 bits per heavy atom. The van der Waals surface area contributed by atoms with Gasteiger partial charge in [0, 0.05) is 19.1 Å². The number of benzene rings is 1. The summed E-state index contributed by atoms with van der Waals surface area (Å²) < 4.78 is 0. The number of hydrogen-bond donors (Lipinski definition) is 2. The third-order valence-corrected chi connectivity index (χ3v) is 4.06. The maximum atomic E-state index is 12.3. The smallest absolute Gasteiger partial charge is 0.227 e. The van der Waals surface area contributed by atoms with Crippen molar-refractivity contribution >= 4 is 5.91 Å². The van der Waals surface area contributed by atoms with Gasteiger partial charge in [0.05, 0.1) is 13.0 Å². The van der Waals surface area contributed by atoms with Gasteiger partial charge in [-0.05, 0) is 23.5 Å². The number of carbonyl (C=O) groups is 1. The van der Waals surface area contributed by atoms with Gasteiger partial charge in [-0.2, -0.15) is 0 Å². The molecule has 2 rings (SSSR count). The monoisotopic (exact) mass is 276 g/mol. The lowest BCUT2D eigenvalue weighted by Crippen LogP contribution is -2.33. The number of aliphatic hydroxyl groups excluding tert-OH is 1. The standard InChI is InChI=1S/C16H24N2O2/c1-2-3-14-9-18(10-15(14)17)16(20)8-12-4-6-13(11-19)7-5-12/h4-7,14-15,19H,2-3,8-11,17H2,1H3/t14-,15-/m0/s1. The van der Waals surface area contributed by atoms with E-state index in [4.69, 9.17) is 10.8 Å². The number of nitrogens with zero attached hydrogens (tertiary/aromatic N) is 1. The van der Waals surface area contributed by atoms with Crippen LogP contribution in [0.5, 0.6) is 0 Å². The van der Waals surface area contributed by atoms with E-state index in [-0.39, 0.29) is 18.6 Å². The summed E-state index contributed by atoms with van der Waals surface area (Å²) in [6, 6.07) is 7.65. The molecule has 0 bridgehead atoms. The van der Waals surface area contributed by atoms with Crippen LogP contribution in [0, 0.1) is 5.92 Å². The molecule has 1 amide bonds. The summed E-state index contributed by atoms with van der Waals surface area (Å²) in [6.07, 6.45) is 2.62. The van der Waals surface area contributed by atoms with Crippen molar-refractivity contribution in [2.45, 2.75) is 38.8 Å². The van der Waals surface area contributed by atoms with Gasteiger partial charge < -0.3 is 15.7 Å². The minimum Gasteiger partial charge on any atom is -0.392 e. The molecular weight excluding hydrogens is 252 g/mol. The molecule has 3 N–H and O–H groups in total. The highest BCUT2D eigenvalue weighted by Crippen LogP contribution is 2.21. The summed E-state index contributed by atoms with van der Waals surface area (Å²) in [4.78, 5) is 14.2. The average Bonchev–Trinajstić information content (AvgIpc) is 2.82. The molecule has 1 aliphatic rings. The second kappa shape index (κ2) is 6.86. The van der Waals surface area contributed by atoms with Crippen LogP contribution in [0.15, 0.2) is 24.3 Å². The van der Waals surface area contributed by atoms with Crippen LogP contribution in [-0.2, 0) is 17.8 Å². The van der Waals surface area contributed by atoms with Crippen molar-refractivity contribution in [3.63, 3.8) is 0 Å². The number of rotatable bonds is 5. The predicted molar refractivity (Wildman–Crippen MR) is 79.0 cm³/mol. The van der Waals surface area contributed by atoms with Crippen molar-refractivity contribution in [1.29, 1.82) is 0 Å². The fourth-order valence-electron chi connectivity index (χ4n) is 2.83. The maximum Gasteiger partial charge on any atom is 0.227 e. The van der Waals surface area contributed by atoms with Crippen molar-refractivity contribution in [3.8, 4) is 0 Å². The van der Waals surface area contributed by atoms with E-state index in [1.165, 1.54) is 0 Å². The Hall–Kier alpha value is -1.39. The highest BCUT2D eigenvalue weighted by Gasteiger charge is 2.31. The minimum atomic E-state index is 0.0356. The molecule has 1 aromatic rings. The Morgan fingerprint density at radius 3 is 2.55 bits per heavy atom. The number of hydrogen-bond acceptors (Lipinski definition) is 3. The molecular formula is C16H24N2O2. The molecule has 20 heavy (non-hydrogen) atoms. The van der Waals surface area contributed by atoms with E-state index in [1.807, 2.05) is 29.2 Å². The van der Waals surface area contributed by atoms with Gasteiger partial charge in [0.15, 0.2) is 0 Å². The van der Waals surface area contributed by atoms with Crippen LogP contribution in [-0.4, -0.2) is 35.0 Å². The van der Waals surface area contributed by atoms with Crippen LogP contribution < -0.4 is 5.73 Å². The van der Waals surface area contributed by atoms with E-state index >= 15 is 0 Å².